The number of carbonyl (C=O) groups excluding carboxylic acids is 1. The van der Waals surface area contributed by atoms with Gasteiger partial charge in [-0.3, -0.25) is 23.7 Å². The molecular weight excluding hydrogens is 655 g/mol. The van der Waals surface area contributed by atoms with Crippen LogP contribution >= 0.6 is 0 Å². The van der Waals surface area contributed by atoms with Gasteiger partial charge in [0.25, 0.3) is 5.56 Å². The van der Waals surface area contributed by atoms with Crippen LogP contribution in [0.15, 0.2) is 81.6 Å². The summed E-state index contributed by atoms with van der Waals surface area (Å²) in [6.07, 6.45) is -4.96. The fraction of sp³-hybridized carbons (Fsp3) is 0.324. The van der Waals surface area contributed by atoms with Crippen molar-refractivity contribution >= 4 is 5.97 Å². The molecule has 0 radical (unpaired) electrons. The van der Waals surface area contributed by atoms with E-state index in [0.29, 0.717) is 16.2 Å². The van der Waals surface area contributed by atoms with Crippen LogP contribution in [-0.4, -0.2) is 40.4 Å². The van der Waals surface area contributed by atoms with E-state index >= 15 is 8.78 Å². The molecule has 0 unspecified atom stereocenters. The highest BCUT2D eigenvalue weighted by Gasteiger charge is 2.35. The number of carbonyl (C=O) groups is 1. The highest BCUT2D eigenvalue weighted by molar-refractivity contribution is 5.69. The molecule has 0 bridgehead atoms. The van der Waals surface area contributed by atoms with Crippen LogP contribution < -0.4 is 16.0 Å². The average Bonchev–Trinajstić information content (AvgIpc) is 3.07. The van der Waals surface area contributed by atoms with E-state index in [4.69, 9.17) is 9.47 Å². The second kappa shape index (κ2) is 15.7. The van der Waals surface area contributed by atoms with Gasteiger partial charge in [-0.15, -0.1) is 4.91 Å². The second-order valence-electron chi connectivity index (χ2n) is 10.9. The molecule has 0 spiro atoms. The Kier molecular flexibility index (Phi) is 11.7. The molecule has 15 heteroatoms. The van der Waals surface area contributed by atoms with E-state index in [2.05, 4.69) is 5.29 Å². The maximum atomic E-state index is 15.7. The molecule has 0 fully saturated rings. The minimum Gasteiger partial charge on any atom is -0.494 e. The van der Waals surface area contributed by atoms with Crippen molar-refractivity contribution in [3.63, 3.8) is 0 Å². The lowest BCUT2D eigenvalue weighted by molar-refractivity contribution is -0.143. The first-order valence-electron chi connectivity index (χ1n) is 15.2. The van der Waals surface area contributed by atoms with Crippen molar-refractivity contribution in [1.82, 2.24) is 14.1 Å². The zero-order valence-electron chi connectivity index (χ0n) is 26.8. The number of methoxy groups -OCH3 is 1. The first-order chi connectivity index (χ1) is 23.3. The van der Waals surface area contributed by atoms with Gasteiger partial charge in [0, 0.05) is 29.8 Å². The molecule has 1 atom stereocenters. The van der Waals surface area contributed by atoms with Gasteiger partial charge in [0.1, 0.15) is 5.82 Å². The molecule has 0 saturated carbocycles. The lowest BCUT2D eigenvalue weighted by atomic mass is 10.0. The number of hydrogen-bond donors (Lipinski definition) is 0. The molecular formula is C34H33F5N4O6. The van der Waals surface area contributed by atoms with Crippen molar-refractivity contribution in [1.29, 1.82) is 0 Å². The SMILES string of the molecule is CCOC(=O)CCCN(N=O)[C@@H](Cn1c(=O)c(-c2cccc(OC)c2F)c(C)n(Cc2c(F)cccc2C(F)(F)F)c1=O)c1ccccc1. The van der Waals surface area contributed by atoms with Crippen molar-refractivity contribution in [2.24, 2.45) is 5.29 Å². The summed E-state index contributed by atoms with van der Waals surface area (Å²) in [5.41, 5.74) is -4.96. The van der Waals surface area contributed by atoms with E-state index in [1.807, 2.05) is 0 Å². The van der Waals surface area contributed by atoms with Crippen LogP contribution in [0.25, 0.3) is 11.1 Å². The van der Waals surface area contributed by atoms with Gasteiger partial charge < -0.3 is 9.47 Å². The minimum atomic E-state index is -5.00. The molecule has 10 nitrogen and oxygen atoms in total. The van der Waals surface area contributed by atoms with Crippen molar-refractivity contribution in [2.75, 3.05) is 20.3 Å². The zero-order chi connectivity index (χ0) is 35.9. The smallest absolute Gasteiger partial charge is 0.416 e. The highest BCUT2D eigenvalue weighted by Crippen LogP contribution is 2.34. The Hall–Kier alpha value is -5.34. The summed E-state index contributed by atoms with van der Waals surface area (Å²) in [7, 11) is 1.19. The monoisotopic (exact) mass is 688 g/mol. The molecule has 4 rings (SSSR count). The number of rotatable bonds is 14. The normalized spacial score (nSPS) is 12.0. The number of esters is 1. The highest BCUT2D eigenvalue weighted by atomic mass is 19.4. The third-order valence-corrected chi connectivity index (χ3v) is 7.96. The van der Waals surface area contributed by atoms with E-state index in [1.165, 1.54) is 32.2 Å². The molecule has 1 heterocycles. The predicted molar refractivity (Wildman–Crippen MR) is 170 cm³/mol. The molecule has 0 aliphatic rings. The van der Waals surface area contributed by atoms with Crippen LogP contribution in [0.2, 0.25) is 0 Å². The fourth-order valence-electron chi connectivity index (χ4n) is 5.55. The van der Waals surface area contributed by atoms with Crippen LogP contribution in [0.4, 0.5) is 22.0 Å². The Balaban J connectivity index is 1.96. The van der Waals surface area contributed by atoms with Gasteiger partial charge >= 0.3 is 17.8 Å². The maximum absolute atomic E-state index is 15.7. The molecule has 260 valence electrons. The lowest BCUT2D eigenvalue weighted by Crippen LogP contribution is -2.45. The summed E-state index contributed by atoms with van der Waals surface area (Å²) in [6.45, 7) is 1.34. The Morgan fingerprint density at radius 3 is 2.31 bits per heavy atom. The first-order valence-corrected chi connectivity index (χ1v) is 15.2. The molecule has 49 heavy (non-hydrogen) atoms. The number of halogens is 5. The molecule has 0 aliphatic carbocycles. The van der Waals surface area contributed by atoms with Crippen LogP contribution in [0, 0.1) is 23.5 Å². The molecule has 4 aromatic rings. The Labute approximate surface area is 277 Å². The van der Waals surface area contributed by atoms with Crippen LogP contribution in [0.3, 0.4) is 0 Å². The van der Waals surface area contributed by atoms with E-state index in [-0.39, 0.29) is 43.0 Å². The molecule has 0 N–H and O–H groups in total. The van der Waals surface area contributed by atoms with Crippen LogP contribution in [0.1, 0.15) is 48.2 Å². The minimum absolute atomic E-state index is 0.0674. The number of nitrogens with zero attached hydrogens (tertiary/aromatic N) is 4. The zero-order valence-corrected chi connectivity index (χ0v) is 26.8. The van der Waals surface area contributed by atoms with E-state index < -0.39 is 70.9 Å². The average molecular weight is 689 g/mol. The van der Waals surface area contributed by atoms with Gasteiger partial charge in [-0.05, 0) is 44.0 Å². The molecule has 1 aromatic heterocycles. The van der Waals surface area contributed by atoms with Crippen molar-refractivity contribution in [3.8, 4) is 16.9 Å². The summed E-state index contributed by atoms with van der Waals surface area (Å²) in [6, 6.07) is 13.3. The Morgan fingerprint density at radius 1 is 0.980 bits per heavy atom. The lowest BCUT2D eigenvalue weighted by Gasteiger charge is -2.28. The number of hydrogen-bond acceptors (Lipinski definition) is 7. The van der Waals surface area contributed by atoms with Crippen LogP contribution in [-0.2, 0) is 28.8 Å². The standard InChI is InChI=1S/C34H33F5N4O6/c1-4-49-29(44)17-10-18-43(40-47)27(22-11-6-5-7-12-22)20-42-32(45)30(23-13-8-16-28(48-3)31(23)36)21(2)41(33(42)46)19-24-25(34(37,38)39)14-9-15-26(24)35/h5-9,11-16,27H,4,10,17-20H2,1-3H3/t27-/m0/s1. The number of nitroso groups, excluding NO2 is 1. The Bertz CT molecular complexity index is 1930. The summed E-state index contributed by atoms with van der Waals surface area (Å²) in [5.74, 6) is -3.01. The molecule has 0 amide bonds. The van der Waals surface area contributed by atoms with Gasteiger partial charge in [-0.25, -0.2) is 13.6 Å². The second-order valence-corrected chi connectivity index (χ2v) is 10.9. The topological polar surface area (TPSA) is 112 Å². The third kappa shape index (κ3) is 8.04. The maximum Gasteiger partial charge on any atom is 0.416 e. The van der Waals surface area contributed by atoms with Crippen molar-refractivity contribution < 1.29 is 36.2 Å². The fourth-order valence-corrected chi connectivity index (χ4v) is 5.55. The van der Waals surface area contributed by atoms with Gasteiger partial charge in [0.2, 0.25) is 0 Å². The predicted octanol–water partition coefficient (Wildman–Crippen LogP) is 6.41. The van der Waals surface area contributed by atoms with Crippen molar-refractivity contribution in [2.45, 2.75) is 52.0 Å². The summed E-state index contributed by atoms with van der Waals surface area (Å²) >= 11 is 0. The summed E-state index contributed by atoms with van der Waals surface area (Å²) in [4.78, 5) is 52.5. The third-order valence-electron chi connectivity index (χ3n) is 7.96. The van der Waals surface area contributed by atoms with Gasteiger partial charge in [-0.1, -0.05) is 48.5 Å². The van der Waals surface area contributed by atoms with Crippen molar-refractivity contribution in [3.05, 3.63) is 126 Å². The first kappa shape index (κ1) is 36.5. The van der Waals surface area contributed by atoms with E-state index in [9.17, 15) is 32.5 Å². The number of aromatic nitrogens is 2. The van der Waals surface area contributed by atoms with Gasteiger partial charge in [-0.2, -0.15) is 13.2 Å². The summed E-state index contributed by atoms with van der Waals surface area (Å²) in [5, 5.41) is 4.12. The van der Waals surface area contributed by atoms with E-state index in [1.54, 1.807) is 37.3 Å². The number of ether oxygens (including phenoxy) is 2. The van der Waals surface area contributed by atoms with Gasteiger partial charge in [0.15, 0.2) is 11.6 Å². The Morgan fingerprint density at radius 2 is 1.67 bits per heavy atom. The molecule has 0 aliphatic heterocycles. The summed E-state index contributed by atoms with van der Waals surface area (Å²) < 4.78 is 84.1. The number of benzene rings is 3. The quantitative estimate of drug-likeness (QED) is 0.0652. The van der Waals surface area contributed by atoms with E-state index in [0.717, 1.165) is 21.7 Å². The largest absolute Gasteiger partial charge is 0.494 e. The number of alkyl halides is 3. The molecule has 0 saturated heterocycles. The van der Waals surface area contributed by atoms with Crippen LogP contribution in [0.5, 0.6) is 5.75 Å². The van der Waals surface area contributed by atoms with Gasteiger partial charge in [0.05, 0.1) is 49.3 Å². The molecule has 3 aromatic carbocycles.